The molecule has 126 valence electrons. The Labute approximate surface area is 159 Å². The second-order valence-electron chi connectivity index (χ2n) is 5.56. The van der Waals surface area contributed by atoms with Gasteiger partial charge in [-0.15, -0.1) is 23.5 Å². The fourth-order valence-corrected chi connectivity index (χ4v) is 5.53. The zero-order chi connectivity index (χ0) is 16.9. The predicted molar refractivity (Wildman–Crippen MR) is 110 cm³/mol. The summed E-state index contributed by atoms with van der Waals surface area (Å²) < 4.78 is 1.50. The molecule has 0 bridgehead atoms. The van der Waals surface area contributed by atoms with Crippen LogP contribution >= 0.6 is 39.5 Å². The third-order valence-electron chi connectivity index (χ3n) is 3.67. The van der Waals surface area contributed by atoms with E-state index in [1.807, 2.05) is 60.8 Å². The summed E-state index contributed by atoms with van der Waals surface area (Å²) in [6, 6.07) is 15.6. The maximum absolute atomic E-state index is 12.3. The van der Waals surface area contributed by atoms with Gasteiger partial charge >= 0.3 is 0 Å². The van der Waals surface area contributed by atoms with Crippen LogP contribution in [0.1, 0.15) is 17.1 Å². The Morgan fingerprint density at radius 1 is 1.12 bits per heavy atom. The highest BCUT2D eigenvalue weighted by atomic mass is 79.9. The lowest BCUT2D eigenvalue weighted by Crippen LogP contribution is -2.31. The van der Waals surface area contributed by atoms with Crippen molar-refractivity contribution < 1.29 is 4.79 Å². The molecule has 1 aliphatic rings. The number of hydrogen-bond acceptors (Lipinski definition) is 4. The largest absolute Gasteiger partial charge is 0.374 e. The van der Waals surface area contributed by atoms with Crippen molar-refractivity contribution in [3.63, 3.8) is 0 Å². The van der Waals surface area contributed by atoms with E-state index < -0.39 is 0 Å². The van der Waals surface area contributed by atoms with Crippen LogP contribution in [0.15, 0.2) is 53.0 Å². The van der Waals surface area contributed by atoms with Crippen molar-refractivity contribution in [3.05, 3.63) is 58.6 Å². The first-order chi connectivity index (χ1) is 11.6. The van der Waals surface area contributed by atoms with Gasteiger partial charge in [-0.1, -0.05) is 28.1 Å². The molecule has 1 fully saturated rings. The molecule has 0 aromatic heterocycles. The van der Waals surface area contributed by atoms with E-state index >= 15 is 0 Å². The summed E-state index contributed by atoms with van der Waals surface area (Å²) in [5.41, 5.74) is 3.09. The molecule has 1 heterocycles. The summed E-state index contributed by atoms with van der Waals surface area (Å²) in [6.45, 7) is 1.87. The maximum atomic E-state index is 12.3. The van der Waals surface area contributed by atoms with Crippen LogP contribution < -0.4 is 10.6 Å². The normalized spacial score (nSPS) is 15.9. The van der Waals surface area contributed by atoms with Crippen molar-refractivity contribution in [1.82, 2.24) is 0 Å². The van der Waals surface area contributed by atoms with E-state index in [4.69, 9.17) is 0 Å². The number of thioether (sulfide) groups is 2. The maximum Gasteiger partial charge on any atom is 0.246 e. The summed E-state index contributed by atoms with van der Waals surface area (Å²) in [5, 5.41) is 6.23. The van der Waals surface area contributed by atoms with Crippen LogP contribution in [-0.2, 0) is 4.79 Å². The summed E-state index contributed by atoms with van der Waals surface area (Å²) >= 11 is 7.36. The molecule has 2 aromatic rings. The second-order valence-corrected chi connectivity index (χ2v) is 9.20. The van der Waals surface area contributed by atoms with Crippen LogP contribution in [0, 0.1) is 0 Å². The molecular formula is C18H19BrN2OS2. The lowest BCUT2D eigenvalue weighted by atomic mass is 10.2. The number of rotatable bonds is 5. The number of anilines is 2. The Balaban J connectivity index is 1.61. The monoisotopic (exact) mass is 422 g/mol. The SMILES string of the molecule is CC(Nc1cccc(C2SCCS2)c1)C(=O)Nc1ccc(Br)cc1. The van der Waals surface area contributed by atoms with E-state index in [2.05, 4.69) is 44.8 Å². The van der Waals surface area contributed by atoms with Crippen molar-refractivity contribution in [2.45, 2.75) is 17.5 Å². The van der Waals surface area contributed by atoms with E-state index in [1.165, 1.54) is 17.1 Å². The van der Waals surface area contributed by atoms with Gasteiger partial charge in [-0.25, -0.2) is 0 Å². The second kappa shape index (κ2) is 8.32. The molecule has 2 N–H and O–H groups in total. The molecule has 6 heteroatoms. The first-order valence-corrected chi connectivity index (χ1v) is 10.7. The summed E-state index contributed by atoms with van der Waals surface area (Å²) in [5.74, 6) is 2.37. The number of hydrogen-bond donors (Lipinski definition) is 2. The van der Waals surface area contributed by atoms with Crippen LogP contribution in [0.4, 0.5) is 11.4 Å². The molecular weight excluding hydrogens is 404 g/mol. The van der Waals surface area contributed by atoms with Gasteiger partial charge in [0.05, 0.1) is 4.58 Å². The van der Waals surface area contributed by atoms with E-state index in [-0.39, 0.29) is 11.9 Å². The quantitative estimate of drug-likeness (QED) is 0.679. The highest BCUT2D eigenvalue weighted by Gasteiger charge is 2.19. The first-order valence-electron chi connectivity index (χ1n) is 7.78. The van der Waals surface area contributed by atoms with Crippen LogP contribution in [0.2, 0.25) is 0 Å². The summed E-state index contributed by atoms with van der Waals surface area (Å²) in [4.78, 5) is 12.3. The molecule has 3 rings (SSSR count). The minimum atomic E-state index is -0.312. The Morgan fingerprint density at radius 3 is 2.54 bits per heavy atom. The minimum absolute atomic E-state index is 0.0488. The molecule has 1 saturated heterocycles. The van der Waals surface area contributed by atoms with Crippen LogP contribution in [0.5, 0.6) is 0 Å². The third-order valence-corrected chi connectivity index (χ3v) is 7.30. The highest BCUT2D eigenvalue weighted by molar-refractivity contribution is 9.10. The minimum Gasteiger partial charge on any atom is -0.374 e. The molecule has 1 aliphatic heterocycles. The number of carbonyl (C=O) groups excluding carboxylic acids is 1. The van der Waals surface area contributed by atoms with Crippen LogP contribution in [0.25, 0.3) is 0 Å². The van der Waals surface area contributed by atoms with Crippen LogP contribution in [0.3, 0.4) is 0 Å². The summed E-state index contributed by atoms with van der Waals surface area (Å²) in [7, 11) is 0. The zero-order valence-corrected chi connectivity index (χ0v) is 16.5. The number of halogens is 1. The fraction of sp³-hybridized carbons (Fsp3) is 0.278. The van der Waals surface area contributed by atoms with Crippen molar-refractivity contribution in [2.75, 3.05) is 22.1 Å². The van der Waals surface area contributed by atoms with Gasteiger partial charge in [-0.05, 0) is 48.9 Å². The molecule has 0 saturated carbocycles. The molecule has 0 radical (unpaired) electrons. The van der Waals surface area contributed by atoms with Crippen molar-refractivity contribution in [2.24, 2.45) is 0 Å². The molecule has 2 aromatic carbocycles. The lowest BCUT2D eigenvalue weighted by Gasteiger charge is -2.17. The fourth-order valence-electron chi connectivity index (χ4n) is 2.43. The van der Waals surface area contributed by atoms with Gasteiger partial charge in [0.2, 0.25) is 5.91 Å². The Morgan fingerprint density at radius 2 is 1.83 bits per heavy atom. The summed E-state index contributed by atoms with van der Waals surface area (Å²) in [6.07, 6.45) is 0. The third kappa shape index (κ3) is 4.71. The highest BCUT2D eigenvalue weighted by Crippen LogP contribution is 2.45. The molecule has 1 amide bonds. The molecule has 1 unspecified atom stereocenters. The van der Waals surface area contributed by atoms with Gasteiger partial charge < -0.3 is 10.6 Å². The predicted octanol–water partition coefficient (Wildman–Crippen LogP) is 5.37. The number of nitrogens with one attached hydrogen (secondary N) is 2. The topological polar surface area (TPSA) is 41.1 Å². The molecule has 1 atom stereocenters. The molecule has 0 aliphatic carbocycles. The van der Waals surface area contributed by atoms with Gasteiger partial charge in [-0.2, -0.15) is 0 Å². The van der Waals surface area contributed by atoms with Crippen molar-refractivity contribution in [1.29, 1.82) is 0 Å². The Hall–Kier alpha value is -1.11. The van der Waals surface area contributed by atoms with E-state index in [0.29, 0.717) is 4.58 Å². The van der Waals surface area contributed by atoms with E-state index in [1.54, 1.807) is 0 Å². The molecule has 3 nitrogen and oxygen atoms in total. The Kier molecular flexibility index (Phi) is 6.14. The van der Waals surface area contributed by atoms with Gasteiger partial charge in [0, 0.05) is 27.4 Å². The van der Waals surface area contributed by atoms with E-state index in [0.717, 1.165) is 15.8 Å². The first kappa shape index (κ1) is 17.7. The van der Waals surface area contributed by atoms with Crippen molar-refractivity contribution in [3.8, 4) is 0 Å². The van der Waals surface area contributed by atoms with Gasteiger partial charge in [0.1, 0.15) is 6.04 Å². The number of benzene rings is 2. The van der Waals surface area contributed by atoms with E-state index in [9.17, 15) is 4.79 Å². The lowest BCUT2D eigenvalue weighted by molar-refractivity contribution is -0.116. The molecule has 0 spiro atoms. The van der Waals surface area contributed by atoms with Crippen molar-refractivity contribution >= 4 is 56.7 Å². The zero-order valence-electron chi connectivity index (χ0n) is 13.3. The van der Waals surface area contributed by atoms with Gasteiger partial charge in [0.25, 0.3) is 0 Å². The average Bonchev–Trinajstić information content (AvgIpc) is 3.12. The van der Waals surface area contributed by atoms with Crippen LogP contribution in [-0.4, -0.2) is 23.5 Å². The standard InChI is InChI=1S/C18H19BrN2OS2/c1-12(17(22)21-15-7-5-14(19)6-8-15)20-16-4-2-3-13(11-16)18-23-9-10-24-18/h2-8,11-12,18,20H,9-10H2,1H3,(H,21,22). The number of carbonyl (C=O) groups is 1. The smallest absolute Gasteiger partial charge is 0.246 e. The molecule has 24 heavy (non-hydrogen) atoms. The Bertz CT molecular complexity index is 702. The van der Waals surface area contributed by atoms with Gasteiger partial charge in [0.15, 0.2) is 0 Å². The average molecular weight is 423 g/mol. The number of amides is 1. The van der Waals surface area contributed by atoms with Gasteiger partial charge in [-0.3, -0.25) is 4.79 Å².